The van der Waals surface area contributed by atoms with Gasteiger partial charge in [0.1, 0.15) is 23.7 Å². The van der Waals surface area contributed by atoms with E-state index in [2.05, 4.69) is 0 Å². The van der Waals surface area contributed by atoms with Crippen LogP contribution in [0.15, 0.2) is 109 Å². The van der Waals surface area contributed by atoms with Crippen LogP contribution in [-0.4, -0.2) is 64.6 Å². The van der Waals surface area contributed by atoms with E-state index in [0.717, 1.165) is 33.8 Å². The van der Waals surface area contributed by atoms with Gasteiger partial charge in [-0.05, 0) is 59.4 Å². The van der Waals surface area contributed by atoms with Crippen LogP contribution >= 0.6 is 0 Å². The molecule has 4 atom stereocenters. The summed E-state index contributed by atoms with van der Waals surface area (Å²) < 4.78 is 10.7. The second kappa shape index (κ2) is 13.6. The molecule has 0 bridgehead atoms. The molecular weight excluding hydrogens is 528 g/mol. The molecule has 4 aromatic carbocycles. The lowest BCUT2D eigenvalue weighted by molar-refractivity contribution is -0.0408. The van der Waals surface area contributed by atoms with Crippen LogP contribution in [-0.2, 0) is 25.9 Å². The summed E-state index contributed by atoms with van der Waals surface area (Å²) in [7, 11) is 3.23. The van der Waals surface area contributed by atoms with Crippen LogP contribution < -0.4 is 9.47 Å². The van der Waals surface area contributed by atoms with E-state index in [9.17, 15) is 15.0 Å². The lowest BCUT2D eigenvalue weighted by Crippen LogP contribution is -2.50. The maximum Gasteiger partial charge on any atom is 0.321 e. The van der Waals surface area contributed by atoms with Gasteiger partial charge in [0, 0.05) is 13.1 Å². The Balaban J connectivity index is 1.56. The highest BCUT2D eigenvalue weighted by Crippen LogP contribution is 2.30. The minimum absolute atomic E-state index is 0.237. The molecule has 7 heteroatoms. The van der Waals surface area contributed by atoms with Crippen LogP contribution in [0.2, 0.25) is 0 Å². The third-order valence-corrected chi connectivity index (χ3v) is 8.03. The summed E-state index contributed by atoms with van der Waals surface area (Å²) in [6, 6.07) is 33.2. The van der Waals surface area contributed by atoms with Crippen LogP contribution in [0.1, 0.15) is 22.3 Å². The fraction of sp³-hybridized carbons (Fsp3) is 0.286. The van der Waals surface area contributed by atoms with Gasteiger partial charge in [-0.15, -0.1) is 0 Å². The number of nitrogens with zero attached hydrogens (tertiary/aromatic N) is 2. The number of aliphatic hydroxyl groups excluding tert-OH is 2. The first-order chi connectivity index (χ1) is 20.5. The van der Waals surface area contributed by atoms with Gasteiger partial charge in [0.05, 0.1) is 26.3 Å². The first-order valence-corrected chi connectivity index (χ1v) is 14.2. The van der Waals surface area contributed by atoms with Gasteiger partial charge >= 0.3 is 6.03 Å². The number of hydrogen-bond acceptors (Lipinski definition) is 5. The predicted molar refractivity (Wildman–Crippen MR) is 162 cm³/mol. The zero-order chi connectivity index (χ0) is 29.5. The first kappa shape index (κ1) is 29.2. The van der Waals surface area contributed by atoms with Crippen molar-refractivity contribution in [3.8, 4) is 11.5 Å². The maximum atomic E-state index is 14.7. The number of ether oxygens (including phenoxy) is 2. The van der Waals surface area contributed by atoms with Crippen molar-refractivity contribution >= 4 is 6.03 Å². The molecule has 5 rings (SSSR count). The summed E-state index contributed by atoms with van der Waals surface area (Å²) in [5.41, 5.74) is 3.75. The largest absolute Gasteiger partial charge is 0.497 e. The Morgan fingerprint density at radius 3 is 1.24 bits per heavy atom. The Kier molecular flexibility index (Phi) is 9.41. The summed E-state index contributed by atoms with van der Waals surface area (Å²) in [6.07, 6.45) is -1.56. The quantitative estimate of drug-likeness (QED) is 0.280. The monoisotopic (exact) mass is 566 g/mol. The maximum absolute atomic E-state index is 14.7. The zero-order valence-electron chi connectivity index (χ0n) is 24.0. The molecule has 0 aromatic heterocycles. The molecule has 0 spiro atoms. The average Bonchev–Trinajstić information content (AvgIpc) is 3.10. The zero-order valence-corrected chi connectivity index (χ0v) is 24.0. The normalized spacial score (nSPS) is 20.7. The van der Waals surface area contributed by atoms with Crippen molar-refractivity contribution in [3.63, 3.8) is 0 Å². The molecule has 1 heterocycles. The molecule has 2 amide bonds. The smallest absolute Gasteiger partial charge is 0.321 e. The molecule has 0 saturated carbocycles. The Bertz CT molecular complexity index is 1300. The van der Waals surface area contributed by atoms with Crippen molar-refractivity contribution in [2.75, 3.05) is 14.2 Å². The number of amides is 2. The van der Waals surface area contributed by atoms with Gasteiger partial charge < -0.3 is 29.5 Å². The number of carbonyl (C=O) groups excluding carboxylic acids is 1. The molecule has 2 N–H and O–H groups in total. The van der Waals surface area contributed by atoms with Crippen LogP contribution in [0, 0.1) is 0 Å². The number of aliphatic hydroxyl groups is 2. The van der Waals surface area contributed by atoms with Gasteiger partial charge in [0.15, 0.2) is 0 Å². The molecule has 0 unspecified atom stereocenters. The van der Waals surface area contributed by atoms with Gasteiger partial charge in [-0.2, -0.15) is 0 Å². The third-order valence-electron chi connectivity index (χ3n) is 8.03. The lowest BCUT2D eigenvalue weighted by atomic mass is 9.91. The number of hydrogen-bond donors (Lipinski definition) is 2. The molecule has 1 saturated heterocycles. The van der Waals surface area contributed by atoms with Crippen molar-refractivity contribution in [2.45, 2.75) is 50.2 Å². The number of benzene rings is 4. The van der Waals surface area contributed by atoms with Crippen molar-refractivity contribution in [1.29, 1.82) is 0 Å². The average molecular weight is 567 g/mol. The summed E-state index contributed by atoms with van der Waals surface area (Å²) >= 11 is 0. The molecule has 1 aliphatic heterocycles. The minimum Gasteiger partial charge on any atom is -0.497 e. The molecule has 7 nitrogen and oxygen atoms in total. The van der Waals surface area contributed by atoms with Gasteiger partial charge in [-0.3, -0.25) is 0 Å². The molecule has 42 heavy (non-hydrogen) atoms. The molecule has 0 radical (unpaired) electrons. The molecule has 1 aliphatic rings. The first-order valence-electron chi connectivity index (χ1n) is 14.2. The number of carbonyl (C=O) groups is 1. The summed E-state index contributed by atoms with van der Waals surface area (Å²) in [5, 5.41) is 23.6. The lowest BCUT2D eigenvalue weighted by Gasteiger charge is -2.36. The molecule has 4 aromatic rings. The second-order valence-electron chi connectivity index (χ2n) is 10.7. The van der Waals surface area contributed by atoms with Gasteiger partial charge in [0.2, 0.25) is 0 Å². The van der Waals surface area contributed by atoms with E-state index < -0.39 is 24.3 Å². The van der Waals surface area contributed by atoms with Gasteiger partial charge in [0.25, 0.3) is 0 Å². The van der Waals surface area contributed by atoms with Crippen LogP contribution in [0.3, 0.4) is 0 Å². The second-order valence-corrected chi connectivity index (χ2v) is 10.7. The Morgan fingerprint density at radius 2 is 0.905 bits per heavy atom. The van der Waals surface area contributed by atoms with E-state index in [0.29, 0.717) is 12.8 Å². The topological polar surface area (TPSA) is 82.5 Å². The highest BCUT2D eigenvalue weighted by molar-refractivity contribution is 5.76. The molecule has 0 aliphatic carbocycles. The predicted octanol–water partition coefficient (Wildman–Crippen LogP) is 5.09. The summed E-state index contributed by atoms with van der Waals surface area (Å²) in [5.74, 6) is 1.45. The summed E-state index contributed by atoms with van der Waals surface area (Å²) in [6.45, 7) is 0.530. The SMILES string of the molecule is COc1ccc(CN2C(=O)N(Cc3ccc(OC)cc3)[C@H](Cc3ccccc3)[C@H](O)[C@@H](O)[C@H]2Cc2ccccc2)cc1. The van der Waals surface area contributed by atoms with E-state index >= 15 is 0 Å². The van der Waals surface area contributed by atoms with Gasteiger partial charge in [-0.1, -0.05) is 84.9 Å². The third kappa shape index (κ3) is 6.75. The molecule has 1 fully saturated rings. The van der Waals surface area contributed by atoms with E-state index in [1.165, 1.54) is 0 Å². The van der Waals surface area contributed by atoms with Crippen molar-refractivity contribution in [3.05, 3.63) is 131 Å². The standard InChI is InChI=1S/C35H38N2O5/c1-41-29-17-13-27(14-18-29)23-36-31(21-25-9-5-3-6-10-25)33(38)34(39)32(22-26-11-7-4-8-12-26)37(35(36)40)24-28-15-19-30(42-2)20-16-28/h3-20,31-34,38-39H,21-24H2,1-2H3/t31-,32-,33+,34+/m1/s1. The van der Waals surface area contributed by atoms with E-state index in [4.69, 9.17) is 9.47 Å². The highest BCUT2D eigenvalue weighted by Gasteiger charge is 2.46. The van der Waals surface area contributed by atoms with Crippen LogP contribution in [0.25, 0.3) is 0 Å². The number of urea groups is 1. The Morgan fingerprint density at radius 1 is 0.548 bits per heavy atom. The van der Waals surface area contributed by atoms with Crippen molar-refractivity contribution < 1.29 is 24.5 Å². The fourth-order valence-corrected chi connectivity index (χ4v) is 5.67. The minimum atomic E-state index is -1.18. The van der Waals surface area contributed by atoms with E-state index in [1.54, 1.807) is 24.0 Å². The van der Waals surface area contributed by atoms with Gasteiger partial charge in [-0.25, -0.2) is 4.79 Å². The fourth-order valence-electron chi connectivity index (χ4n) is 5.67. The molecule has 218 valence electrons. The van der Waals surface area contributed by atoms with Crippen molar-refractivity contribution in [1.82, 2.24) is 9.80 Å². The Labute approximate surface area is 247 Å². The van der Waals surface area contributed by atoms with E-state index in [-0.39, 0.29) is 19.1 Å². The highest BCUT2D eigenvalue weighted by atomic mass is 16.5. The van der Waals surface area contributed by atoms with Crippen molar-refractivity contribution in [2.24, 2.45) is 0 Å². The van der Waals surface area contributed by atoms with E-state index in [1.807, 2.05) is 109 Å². The summed E-state index contributed by atoms with van der Waals surface area (Å²) in [4.78, 5) is 18.1. The number of methoxy groups -OCH3 is 2. The Hall–Kier alpha value is -4.33. The molecular formula is C35H38N2O5. The number of rotatable bonds is 10. The van der Waals surface area contributed by atoms with Crippen LogP contribution in [0.5, 0.6) is 11.5 Å². The van der Waals surface area contributed by atoms with Crippen LogP contribution in [0.4, 0.5) is 4.79 Å².